The Bertz CT molecular complexity index is 433. The van der Waals surface area contributed by atoms with Crippen molar-refractivity contribution in [1.29, 1.82) is 0 Å². The van der Waals surface area contributed by atoms with E-state index >= 15 is 0 Å². The molecule has 0 unspecified atom stereocenters. The Hall–Kier alpha value is -1.42. The summed E-state index contributed by atoms with van der Waals surface area (Å²) in [5, 5.41) is 13.7. The van der Waals surface area contributed by atoms with Gasteiger partial charge in [-0.15, -0.1) is 11.8 Å². The molecule has 17 heavy (non-hydrogen) atoms. The molecule has 0 saturated carbocycles. The van der Waals surface area contributed by atoms with Crippen molar-refractivity contribution in [2.24, 2.45) is 0 Å². The summed E-state index contributed by atoms with van der Waals surface area (Å²) in [5.41, 5.74) is 0.466. The van der Waals surface area contributed by atoms with Crippen LogP contribution < -0.4 is 0 Å². The molecule has 0 aliphatic rings. The van der Waals surface area contributed by atoms with Gasteiger partial charge in [-0.05, 0) is 24.8 Å². The van der Waals surface area contributed by atoms with Crippen LogP contribution in [0.15, 0.2) is 34.2 Å². The number of nitrogens with zero attached hydrogens (tertiary/aromatic N) is 1. The Morgan fingerprint density at radius 3 is 2.94 bits per heavy atom. The number of rotatable bonds is 6. The number of aliphatic hydroxyl groups excluding tert-OH is 1. The van der Waals surface area contributed by atoms with E-state index in [1.807, 2.05) is 18.4 Å². The number of allylic oxidation sites excluding steroid dienone is 3. The van der Waals surface area contributed by atoms with E-state index in [0.717, 1.165) is 17.7 Å². The SMILES string of the molecule is C=Cc1onc(/C(O)=C/C=C\CCC)c1SC. The molecule has 0 aromatic carbocycles. The average molecular weight is 251 g/mol. The Kier molecular flexibility index (Phi) is 5.63. The molecule has 0 atom stereocenters. The molecule has 1 N–H and O–H groups in total. The molecule has 1 rings (SSSR count). The summed E-state index contributed by atoms with van der Waals surface area (Å²) in [6.07, 6.45) is 11.0. The van der Waals surface area contributed by atoms with Crippen LogP contribution >= 0.6 is 11.8 Å². The quantitative estimate of drug-likeness (QED) is 0.465. The van der Waals surface area contributed by atoms with Gasteiger partial charge >= 0.3 is 0 Å². The molecule has 1 aromatic rings. The Morgan fingerprint density at radius 1 is 1.59 bits per heavy atom. The van der Waals surface area contributed by atoms with Crippen LogP contribution in [0.4, 0.5) is 0 Å². The van der Waals surface area contributed by atoms with E-state index in [1.165, 1.54) is 11.8 Å². The van der Waals surface area contributed by atoms with Gasteiger partial charge in [-0.3, -0.25) is 0 Å². The van der Waals surface area contributed by atoms with Crippen molar-refractivity contribution in [3.8, 4) is 0 Å². The molecule has 1 aromatic heterocycles. The number of aliphatic hydroxyl groups is 1. The zero-order valence-electron chi connectivity index (χ0n) is 10.1. The topological polar surface area (TPSA) is 46.3 Å². The van der Waals surface area contributed by atoms with Gasteiger partial charge in [0.25, 0.3) is 0 Å². The monoisotopic (exact) mass is 251 g/mol. The second kappa shape index (κ2) is 7.01. The zero-order valence-corrected chi connectivity index (χ0v) is 11.0. The van der Waals surface area contributed by atoms with Gasteiger partial charge in [0.05, 0.1) is 4.90 Å². The summed E-state index contributed by atoms with van der Waals surface area (Å²) in [7, 11) is 0. The number of hydrogen-bond donors (Lipinski definition) is 1. The van der Waals surface area contributed by atoms with Gasteiger partial charge in [0.1, 0.15) is 5.76 Å². The molecule has 1 heterocycles. The predicted molar refractivity (Wildman–Crippen MR) is 73.0 cm³/mol. The van der Waals surface area contributed by atoms with Gasteiger partial charge in [0.2, 0.25) is 0 Å². The summed E-state index contributed by atoms with van der Waals surface area (Å²) in [5.74, 6) is 0.698. The number of aromatic nitrogens is 1. The first-order valence-corrected chi connectivity index (χ1v) is 6.69. The van der Waals surface area contributed by atoms with Gasteiger partial charge in [0, 0.05) is 0 Å². The third-order valence-electron chi connectivity index (χ3n) is 2.15. The average Bonchev–Trinajstić information content (AvgIpc) is 2.77. The van der Waals surface area contributed by atoms with Crippen LogP contribution in [0.5, 0.6) is 0 Å². The fourth-order valence-electron chi connectivity index (χ4n) is 1.29. The van der Waals surface area contributed by atoms with E-state index in [0.29, 0.717) is 11.5 Å². The molecule has 0 aliphatic carbocycles. The highest BCUT2D eigenvalue weighted by atomic mass is 32.2. The Morgan fingerprint density at radius 2 is 2.35 bits per heavy atom. The molecule has 0 amide bonds. The summed E-state index contributed by atoms with van der Waals surface area (Å²) in [4.78, 5) is 0.803. The summed E-state index contributed by atoms with van der Waals surface area (Å²) in [6, 6.07) is 0. The second-order valence-corrected chi connectivity index (χ2v) is 4.22. The van der Waals surface area contributed by atoms with Crippen LogP contribution in [0.3, 0.4) is 0 Å². The molecular weight excluding hydrogens is 234 g/mol. The lowest BCUT2D eigenvalue weighted by Gasteiger charge is -1.96. The van der Waals surface area contributed by atoms with Crippen molar-refractivity contribution >= 4 is 23.6 Å². The van der Waals surface area contributed by atoms with Gasteiger partial charge < -0.3 is 9.63 Å². The van der Waals surface area contributed by atoms with Crippen LogP contribution in [-0.2, 0) is 0 Å². The highest BCUT2D eigenvalue weighted by Crippen LogP contribution is 2.29. The molecule has 92 valence electrons. The first-order chi connectivity index (χ1) is 8.24. The zero-order chi connectivity index (χ0) is 12.7. The second-order valence-electron chi connectivity index (χ2n) is 3.40. The van der Waals surface area contributed by atoms with Crippen molar-refractivity contribution < 1.29 is 9.63 Å². The summed E-state index contributed by atoms with van der Waals surface area (Å²) < 4.78 is 5.07. The van der Waals surface area contributed by atoms with Crippen LogP contribution in [0.25, 0.3) is 11.8 Å². The fourth-order valence-corrected chi connectivity index (χ4v) is 1.94. The standard InChI is InChI=1S/C13H17NO2S/c1-4-6-7-8-9-10(15)12-13(17-3)11(5-2)16-14-12/h5,7-9,15H,2,4,6H2,1,3H3/b8-7-,10-9-. The van der Waals surface area contributed by atoms with Crippen molar-refractivity contribution in [2.45, 2.75) is 24.7 Å². The van der Waals surface area contributed by atoms with E-state index in [1.54, 1.807) is 12.2 Å². The third kappa shape index (κ3) is 3.53. The first-order valence-electron chi connectivity index (χ1n) is 5.46. The molecule has 0 saturated heterocycles. The van der Waals surface area contributed by atoms with Crippen LogP contribution in [-0.4, -0.2) is 16.5 Å². The minimum absolute atomic E-state index is 0.110. The summed E-state index contributed by atoms with van der Waals surface area (Å²) >= 11 is 1.47. The Balaban J connectivity index is 2.91. The number of thioether (sulfide) groups is 1. The molecular formula is C13H17NO2S. The lowest BCUT2D eigenvalue weighted by Crippen LogP contribution is -1.85. The van der Waals surface area contributed by atoms with Gasteiger partial charge in [-0.2, -0.15) is 0 Å². The van der Waals surface area contributed by atoms with Gasteiger partial charge in [-0.1, -0.05) is 37.2 Å². The van der Waals surface area contributed by atoms with E-state index in [2.05, 4.69) is 18.7 Å². The molecule has 3 nitrogen and oxygen atoms in total. The predicted octanol–water partition coefficient (Wildman–Crippen LogP) is 4.29. The van der Waals surface area contributed by atoms with Crippen molar-refractivity contribution in [3.63, 3.8) is 0 Å². The highest BCUT2D eigenvalue weighted by Gasteiger charge is 2.15. The lowest BCUT2D eigenvalue weighted by molar-refractivity contribution is 0.402. The normalized spacial score (nSPS) is 12.2. The molecule has 0 radical (unpaired) electrons. The highest BCUT2D eigenvalue weighted by molar-refractivity contribution is 7.98. The number of unbranched alkanes of at least 4 members (excludes halogenated alkanes) is 1. The maximum absolute atomic E-state index is 9.88. The summed E-state index contributed by atoms with van der Waals surface area (Å²) in [6.45, 7) is 5.74. The number of hydrogen-bond acceptors (Lipinski definition) is 4. The maximum atomic E-state index is 9.88. The van der Waals surface area contributed by atoms with Gasteiger partial charge in [-0.25, -0.2) is 0 Å². The van der Waals surface area contributed by atoms with Crippen molar-refractivity contribution in [3.05, 3.63) is 36.3 Å². The smallest absolute Gasteiger partial charge is 0.173 e. The van der Waals surface area contributed by atoms with Crippen molar-refractivity contribution in [2.75, 3.05) is 6.26 Å². The first kappa shape index (κ1) is 13.6. The van der Waals surface area contributed by atoms with Gasteiger partial charge in [0.15, 0.2) is 11.5 Å². The minimum Gasteiger partial charge on any atom is -0.506 e. The molecule has 0 fully saturated rings. The lowest BCUT2D eigenvalue weighted by atomic mass is 10.2. The van der Waals surface area contributed by atoms with E-state index in [9.17, 15) is 5.11 Å². The third-order valence-corrected chi connectivity index (χ3v) is 2.95. The largest absolute Gasteiger partial charge is 0.506 e. The molecule has 4 heteroatoms. The molecule has 0 bridgehead atoms. The molecule has 0 spiro atoms. The van der Waals surface area contributed by atoms with Crippen LogP contribution in [0, 0.1) is 0 Å². The van der Waals surface area contributed by atoms with E-state index in [-0.39, 0.29) is 5.76 Å². The van der Waals surface area contributed by atoms with E-state index in [4.69, 9.17) is 4.52 Å². The minimum atomic E-state index is 0.110. The van der Waals surface area contributed by atoms with Crippen LogP contribution in [0.2, 0.25) is 0 Å². The van der Waals surface area contributed by atoms with E-state index < -0.39 is 0 Å². The maximum Gasteiger partial charge on any atom is 0.173 e. The molecule has 0 aliphatic heterocycles. The fraction of sp³-hybridized carbons (Fsp3) is 0.308. The van der Waals surface area contributed by atoms with Crippen LogP contribution in [0.1, 0.15) is 31.2 Å². The Labute approximate surface area is 106 Å². The van der Waals surface area contributed by atoms with Crippen molar-refractivity contribution in [1.82, 2.24) is 5.16 Å².